The molecule has 7 nitrogen and oxygen atoms in total. The highest BCUT2D eigenvalue weighted by molar-refractivity contribution is 8.02. The zero-order valence-electron chi connectivity index (χ0n) is 18.1. The van der Waals surface area contributed by atoms with Gasteiger partial charge >= 0.3 is 5.97 Å². The summed E-state index contributed by atoms with van der Waals surface area (Å²) in [6, 6.07) is -1.25. The van der Waals surface area contributed by atoms with Crippen LogP contribution < -0.4 is 0 Å². The van der Waals surface area contributed by atoms with E-state index in [9.17, 15) is 24.6 Å². The van der Waals surface area contributed by atoms with Crippen molar-refractivity contribution < 1.29 is 24.6 Å². The Morgan fingerprint density at radius 2 is 2.13 bits per heavy atom. The molecule has 0 saturated carbocycles. The Morgan fingerprint density at radius 3 is 2.67 bits per heavy atom. The molecule has 1 spiro atoms. The number of aliphatic carboxylic acids is 1. The molecule has 3 aliphatic rings. The van der Waals surface area contributed by atoms with E-state index in [0.717, 1.165) is 12.8 Å². The van der Waals surface area contributed by atoms with E-state index in [2.05, 4.69) is 13.5 Å². The molecule has 3 rings (SSSR count). The summed E-state index contributed by atoms with van der Waals surface area (Å²) in [6.07, 6.45) is 5.32. The van der Waals surface area contributed by atoms with Gasteiger partial charge < -0.3 is 20.0 Å². The maximum Gasteiger partial charge on any atom is 0.308 e. The summed E-state index contributed by atoms with van der Waals surface area (Å²) in [4.78, 5) is 43.0. The van der Waals surface area contributed by atoms with E-state index in [0.29, 0.717) is 25.8 Å². The molecule has 30 heavy (non-hydrogen) atoms. The number of aliphatic hydroxyl groups is 1. The largest absolute Gasteiger partial charge is 0.481 e. The molecule has 8 heteroatoms. The van der Waals surface area contributed by atoms with Gasteiger partial charge in [-0.05, 0) is 32.6 Å². The van der Waals surface area contributed by atoms with Crippen LogP contribution in [0.4, 0.5) is 0 Å². The molecule has 2 N–H and O–H groups in total. The average Bonchev–Trinajstić information content (AvgIpc) is 3.35. The van der Waals surface area contributed by atoms with Crippen LogP contribution in [0.15, 0.2) is 12.7 Å². The maximum atomic E-state index is 14.0. The molecule has 168 valence electrons. The fraction of sp³-hybridized carbons (Fsp3) is 0.773. The monoisotopic (exact) mass is 438 g/mol. The van der Waals surface area contributed by atoms with Crippen LogP contribution in [0, 0.1) is 11.8 Å². The number of aliphatic hydroxyl groups excluding tert-OH is 1. The summed E-state index contributed by atoms with van der Waals surface area (Å²) in [5.74, 6) is -2.86. The van der Waals surface area contributed by atoms with Crippen molar-refractivity contribution in [2.45, 2.75) is 81.0 Å². The zero-order valence-corrected chi connectivity index (χ0v) is 18.9. The van der Waals surface area contributed by atoms with Crippen LogP contribution in [0.25, 0.3) is 0 Å². The Hall–Kier alpha value is -1.54. The lowest BCUT2D eigenvalue weighted by molar-refractivity contribution is -0.150. The number of likely N-dealkylation sites (tertiary alicyclic amines) is 1. The molecule has 2 amide bonds. The number of carbonyl (C=O) groups is 3. The Labute approximate surface area is 182 Å². The molecular formula is C22H34N2O5S. The van der Waals surface area contributed by atoms with E-state index in [1.165, 1.54) is 11.8 Å². The molecule has 3 aliphatic heterocycles. The number of carboxylic acids is 1. The van der Waals surface area contributed by atoms with Gasteiger partial charge in [-0.3, -0.25) is 14.4 Å². The second kappa shape index (κ2) is 8.91. The molecule has 0 aromatic carbocycles. The number of hydrogen-bond acceptors (Lipinski definition) is 5. The first-order valence-corrected chi connectivity index (χ1v) is 11.9. The highest BCUT2D eigenvalue weighted by Gasteiger charge is 2.74. The van der Waals surface area contributed by atoms with Crippen LogP contribution in [0.5, 0.6) is 0 Å². The molecule has 0 aromatic heterocycles. The number of fused-ring (bicyclic) bond motifs is 1. The molecule has 3 fully saturated rings. The van der Waals surface area contributed by atoms with Gasteiger partial charge in [-0.1, -0.05) is 26.3 Å². The summed E-state index contributed by atoms with van der Waals surface area (Å²) in [6.45, 7) is 9.89. The normalized spacial score (nSPS) is 34.0. The van der Waals surface area contributed by atoms with E-state index in [4.69, 9.17) is 0 Å². The van der Waals surface area contributed by atoms with Crippen molar-refractivity contribution in [1.82, 2.24) is 9.80 Å². The van der Waals surface area contributed by atoms with Crippen LogP contribution in [-0.4, -0.2) is 79.1 Å². The second-order valence-corrected chi connectivity index (χ2v) is 10.4. The van der Waals surface area contributed by atoms with Gasteiger partial charge in [-0.2, -0.15) is 0 Å². The molecule has 0 aliphatic carbocycles. The van der Waals surface area contributed by atoms with E-state index in [1.54, 1.807) is 15.9 Å². The van der Waals surface area contributed by atoms with Crippen molar-refractivity contribution >= 4 is 29.5 Å². The first kappa shape index (κ1) is 23.1. The van der Waals surface area contributed by atoms with E-state index in [1.807, 2.05) is 13.8 Å². The summed E-state index contributed by atoms with van der Waals surface area (Å²) < 4.78 is -0.726. The lowest BCUT2D eigenvalue weighted by Gasteiger charge is -2.41. The Balaban J connectivity index is 2.08. The van der Waals surface area contributed by atoms with Crippen LogP contribution in [0.2, 0.25) is 0 Å². The molecule has 7 atom stereocenters. The van der Waals surface area contributed by atoms with Crippen molar-refractivity contribution in [1.29, 1.82) is 0 Å². The number of carbonyl (C=O) groups excluding carboxylic acids is 2. The Bertz CT molecular complexity index is 712. The fourth-order valence-corrected chi connectivity index (χ4v) is 8.01. The third-order valence-corrected chi connectivity index (χ3v) is 9.13. The minimum atomic E-state index is -0.959. The van der Waals surface area contributed by atoms with Gasteiger partial charge in [0.15, 0.2) is 0 Å². The van der Waals surface area contributed by atoms with Gasteiger partial charge in [0.1, 0.15) is 6.04 Å². The van der Waals surface area contributed by atoms with Gasteiger partial charge in [-0.15, -0.1) is 18.3 Å². The summed E-state index contributed by atoms with van der Waals surface area (Å²) in [5, 5.41) is 19.7. The Kier molecular flexibility index (Phi) is 6.87. The molecular weight excluding hydrogens is 404 g/mol. The van der Waals surface area contributed by atoms with Crippen LogP contribution in [-0.2, 0) is 14.4 Å². The smallest absolute Gasteiger partial charge is 0.308 e. The molecule has 3 saturated heterocycles. The van der Waals surface area contributed by atoms with Gasteiger partial charge in [-0.25, -0.2) is 0 Å². The van der Waals surface area contributed by atoms with Crippen LogP contribution in [0.3, 0.4) is 0 Å². The number of hydrogen-bond donors (Lipinski definition) is 2. The van der Waals surface area contributed by atoms with E-state index >= 15 is 0 Å². The summed E-state index contributed by atoms with van der Waals surface area (Å²) in [5.41, 5.74) is 0. The number of amides is 2. The minimum absolute atomic E-state index is 0.0130. The minimum Gasteiger partial charge on any atom is -0.481 e. The quantitative estimate of drug-likeness (QED) is 0.507. The van der Waals surface area contributed by atoms with Gasteiger partial charge in [0.05, 0.1) is 29.2 Å². The molecule has 0 radical (unpaired) electrons. The van der Waals surface area contributed by atoms with E-state index < -0.39 is 34.6 Å². The molecule has 0 aromatic rings. The highest BCUT2D eigenvalue weighted by atomic mass is 32.2. The fourth-order valence-electron chi connectivity index (χ4n) is 5.82. The van der Waals surface area contributed by atoms with Crippen molar-refractivity contribution in [3.05, 3.63) is 12.7 Å². The van der Waals surface area contributed by atoms with Crippen LogP contribution in [0.1, 0.15) is 52.9 Å². The van der Waals surface area contributed by atoms with Crippen molar-refractivity contribution in [2.24, 2.45) is 11.8 Å². The third kappa shape index (κ3) is 3.36. The van der Waals surface area contributed by atoms with Gasteiger partial charge in [0, 0.05) is 17.8 Å². The average molecular weight is 439 g/mol. The number of thioether (sulfide) groups is 1. The predicted octanol–water partition coefficient (Wildman–Crippen LogP) is 2.14. The van der Waals surface area contributed by atoms with Gasteiger partial charge in [0.2, 0.25) is 11.8 Å². The first-order valence-electron chi connectivity index (χ1n) is 11.0. The lowest BCUT2D eigenvalue weighted by atomic mass is 9.71. The predicted molar refractivity (Wildman–Crippen MR) is 116 cm³/mol. The molecule has 2 bridgehead atoms. The lowest BCUT2D eigenvalue weighted by Crippen LogP contribution is -2.58. The SMILES string of the molecule is C=CCN(C(=O)C1N([C@@H](CC)CO)C(=O)[C@@H]2[C@H](C(=O)O)[C@@H]3CCC12S3)C(C)CCC. The summed E-state index contributed by atoms with van der Waals surface area (Å²) in [7, 11) is 0. The van der Waals surface area contributed by atoms with Crippen molar-refractivity contribution in [3.63, 3.8) is 0 Å². The van der Waals surface area contributed by atoms with Crippen molar-refractivity contribution in [3.8, 4) is 0 Å². The Morgan fingerprint density at radius 1 is 1.43 bits per heavy atom. The molecule has 3 heterocycles. The van der Waals surface area contributed by atoms with Crippen LogP contribution >= 0.6 is 11.8 Å². The first-order chi connectivity index (χ1) is 14.3. The molecule has 3 unspecified atom stereocenters. The number of nitrogens with zero attached hydrogens (tertiary/aromatic N) is 2. The topological polar surface area (TPSA) is 98.2 Å². The number of rotatable bonds is 10. The highest BCUT2D eigenvalue weighted by Crippen LogP contribution is 2.66. The van der Waals surface area contributed by atoms with Crippen molar-refractivity contribution in [2.75, 3.05) is 13.2 Å². The summed E-state index contributed by atoms with van der Waals surface area (Å²) >= 11 is 1.53. The third-order valence-electron chi connectivity index (χ3n) is 7.18. The van der Waals surface area contributed by atoms with E-state index in [-0.39, 0.29) is 29.7 Å². The van der Waals surface area contributed by atoms with Gasteiger partial charge in [0.25, 0.3) is 0 Å². The maximum absolute atomic E-state index is 14.0. The second-order valence-electron chi connectivity index (χ2n) is 8.80. The number of carboxylic acid groups (broad SMARTS) is 1. The zero-order chi connectivity index (χ0) is 22.2. The standard InChI is InChI=1S/C22H34N2O5S/c1-5-8-13(4)23(11-6-2)20(27)18-22-10-9-15(30-22)16(21(28)29)17(22)19(26)24(18)14(7-3)12-25/h6,13-18,25H,2,5,7-12H2,1,3-4H3,(H,28,29)/t13?,14-,15-,16+,17-,18?,22?/m0/s1.